The molecule has 0 saturated heterocycles. The predicted molar refractivity (Wildman–Crippen MR) is 130 cm³/mol. The molecule has 0 saturated carbocycles. The van der Waals surface area contributed by atoms with Crippen molar-refractivity contribution in [2.75, 3.05) is 16.8 Å². The Balaban J connectivity index is 1.27. The molecule has 0 atom stereocenters. The summed E-state index contributed by atoms with van der Waals surface area (Å²) in [5, 5.41) is 2.98. The van der Waals surface area contributed by atoms with Gasteiger partial charge in [-0.05, 0) is 52.9 Å². The first-order valence-electron chi connectivity index (χ1n) is 11.0. The summed E-state index contributed by atoms with van der Waals surface area (Å²) in [6.45, 7) is 0.627. The minimum Gasteiger partial charge on any atom is -0.326 e. The number of benzene rings is 3. The average molecular weight is 434 g/mol. The molecule has 162 valence electrons. The van der Waals surface area contributed by atoms with E-state index in [4.69, 9.17) is 0 Å². The smallest absolute Gasteiger partial charge is 0.258 e. The fraction of sp³-hybridized carbons (Fsp3) is 0.107. The third-order valence-corrected chi connectivity index (χ3v) is 5.86. The molecule has 1 N–H and O–H groups in total. The van der Waals surface area contributed by atoms with Gasteiger partial charge in [0.25, 0.3) is 5.91 Å². The fourth-order valence-corrected chi connectivity index (χ4v) is 4.15. The molecule has 0 unspecified atom stereocenters. The number of nitrogens with zero attached hydrogens (tertiary/aromatic N) is 2. The van der Waals surface area contributed by atoms with Crippen molar-refractivity contribution in [2.24, 2.45) is 0 Å². The molecule has 1 aromatic heterocycles. The highest BCUT2D eigenvalue weighted by Crippen LogP contribution is 2.32. The van der Waals surface area contributed by atoms with Gasteiger partial charge in [0.2, 0.25) is 5.91 Å². The van der Waals surface area contributed by atoms with Crippen molar-refractivity contribution < 1.29 is 9.59 Å². The number of fused-ring (bicyclic) bond motifs is 1. The SMILES string of the molecule is O=C(Cc1ccc(-c2ccccc2)cc1)Nc1ccc2c(c1)N(C(=O)c1ccncc1)CC2. The van der Waals surface area contributed by atoms with Crippen molar-refractivity contribution in [1.29, 1.82) is 0 Å². The van der Waals surface area contributed by atoms with E-state index in [0.29, 0.717) is 17.8 Å². The zero-order valence-corrected chi connectivity index (χ0v) is 18.1. The van der Waals surface area contributed by atoms with Gasteiger partial charge in [-0.2, -0.15) is 0 Å². The minimum absolute atomic E-state index is 0.0573. The molecular weight excluding hydrogens is 410 g/mol. The number of anilines is 2. The van der Waals surface area contributed by atoms with Crippen LogP contribution in [0.25, 0.3) is 11.1 Å². The van der Waals surface area contributed by atoms with Crippen LogP contribution in [0.5, 0.6) is 0 Å². The molecule has 0 radical (unpaired) electrons. The summed E-state index contributed by atoms with van der Waals surface area (Å²) in [6, 6.07) is 27.4. The van der Waals surface area contributed by atoms with E-state index in [-0.39, 0.29) is 18.2 Å². The largest absolute Gasteiger partial charge is 0.326 e. The van der Waals surface area contributed by atoms with Crippen LogP contribution in [0, 0.1) is 0 Å². The average Bonchev–Trinajstić information content (AvgIpc) is 3.28. The zero-order chi connectivity index (χ0) is 22.6. The van der Waals surface area contributed by atoms with E-state index in [1.54, 1.807) is 29.4 Å². The van der Waals surface area contributed by atoms with E-state index in [1.165, 1.54) is 0 Å². The highest BCUT2D eigenvalue weighted by atomic mass is 16.2. The number of carbonyl (C=O) groups is 2. The van der Waals surface area contributed by atoms with Crippen LogP contribution in [0.1, 0.15) is 21.5 Å². The molecule has 5 rings (SSSR count). The Kier molecular flexibility index (Phi) is 5.68. The van der Waals surface area contributed by atoms with Crippen LogP contribution in [0.15, 0.2) is 97.3 Å². The number of nitrogens with one attached hydrogen (secondary N) is 1. The lowest BCUT2D eigenvalue weighted by atomic mass is 10.0. The molecule has 5 heteroatoms. The second-order valence-corrected chi connectivity index (χ2v) is 8.07. The van der Waals surface area contributed by atoms with Gasteiger partial charge in [0, 0.05) is 35.9 Å². The Morgan fingerprint density at radius 1 is 0.848 bits per heavy atom. The third kappa shape index (κ3) is 4.53. The summed E-state index contributed by atoms with van der Waals surface area (Å²) >= 11 is 0. The van der Waals surface area contributed by atoms with Gasteiger partial charge in [-0.3, -0.25) is 14.6 Å². The number of rotatable bonds is 5. The summed E-state index contributed by atoms with van der Waals surface area (Å²) in [6.07, 6.45) is 4.32. The molecule has 0 fully saturated rings. The van der Waals surface area contributed by atoms with Crippen molar-refractivity contribution in [3.63, 3.8) is 0 Å². The first kappa shape index (κ1) is 20.6. The summed E-state index contributed by atoms with van der Waals surface area (Å²) in [7, 11) is 0. The number of amides is 2. The predicted octanol–water partition coefficient (Wildman–Crippen LogP) is 5.13. The molecule has 1 aliphatic rings. The normalized spacial score (nSPS) is 12.3. The number of carbonyl (C=O) groups excluding carboxylic acids is 2. The monoisotopic (exact) mass is 433 g/mol. The van der Waals surface area contributed by atoms with Crippen LogP contribution in [0.3, 0.4) is 0 Å². The van der Waals surface area contributed by atoms with Crippen molar-refractivity contribution >= 4 is 23.2 Å². The van der Waals surface area contributed by atoms with Crippen LogP contribution in [0.2, 0.25) is 0 Å². The number of aromatic nitrogens is 1. The van der Waals surface area contributed by atoms with Crippen LogP contribution >= 0.6 is 0 Å². The number of hydrogen-bond acceptors (Lipinski definition) is 3. The summed E-state index contributed by atoms with van der Waals surface area (Å²) in [5.74, 6) is -0.148. The molecule has 2 heterocycles. The summed E-state index contributed by atoms with van der Waals surface area (Å²) in [5.41, 5.74) is 6.46. The van der Waals surface area contributed by atoms with Crippen molar-refractivity contribution in [3.05, 3.63) is 114 Å². The van der Waals surface area contributed by atoms with E-state index in [9.17, 15) is 9.59 Å². The highest BCUT2D eigenvalue weighted by molar-refractivity contribution is 6.07. The zero-order valence-electron chi connectivity index (χ0n) is 18.1. The topological polar surface area (TPSA) is 62.3 Å². The van der Waals surface area contributed by atoms with Crippen molar-refractivity contribution in [1.82, 2.24) is 4.98 Å². The van der Waals surface area contributed by atoms with Gasteiger partial charge in [0.05, 0.1) is 6.42 Å². The Morgan fingerprint density at radius 3 is 2.33 bits per heavy atom. The molecule has 5 nitrogen and oxygen atoms in total. The second-order valence-electron chi connectivity index (χ2n) is 8.07. The van der Waals surface area contributed by atoms with Crippen LogP contribution in [0.4, 0.5) is 11.4 Å². The maximum Gasteiger partial charge on any atom is 0.258 e. The molecule has 1 aliphatic heterocycles. The maximum atomic E-state index is 12.9. The van der Waals surface area contributed by atoms with Gasteiger partial charge in [-0.1, -0.05) is 60.7 Å². The van der Waals surface area contributed by atoms with Crippen LogP contribution < -0.4 is 10.2 Å². The van der Waals surface area contributed by atoms with Gasteiger partial charge < -0.3 is 10.2 Å². The van der Waals surface area contributed by atoms with E-state index in [0.717, 1.165) is 34.4 Å². The quantitative estimate of drug-likeness (QED) is 0.474. The van der Waals surface area contributed by atoms with Crippen LogP contribution in [-0.4, -0.2) is 23.3 Å². The minimum atomic E-state index is -0.0904. The Bertz CT molecular complexity index is 1290. The molecule has 2 amide bonds. The molecule has 0 spiro atoms. The highest BCUT2D eigenvalue weighted by Gasteiger charge is 2.26. The second kappa shape index (κ2) is 9.09. The number of hydrogen-bond donors (Lipinski definition) is 1. The lowest BCUT2D eigenvalue weighted by Crippen LogP contribution is -2.29. The molecule has 3 aromatic carbocycles. The Hall–Kier alpha value is -4.25. The van der Waals surface area contributed by atoms with Gasteiger partial charge in [0.15, 0.2) is 0 Å². The van der Waals surface area contributed by atoms with Crippen molar-refractivity contribution in [3.8, 4) is 11.1 Å². The lowest BCUT2D eigenvalue weighted by molar-refractivity contribution is -0.115. The molecule has 0 bridgehead atoms. The standard InChI is InChI=1S/C28H23N3O2/c32-27(18-20-6-8-22(9-7-20)21-4-2-1-3-5-21)30-25-11-10-23-14-17-31(26(23)19-25)28(33)24-12-15-29-16-13-24/h1-13,15-16,19H,14,17-18H2,(H,30,32). The van der Waals surface area contributed by atoms with Crippen molar-refractivity contribution in [2.45, 2.75) is 12.8 Å². The Labute approximate surface area is 192 Å². The molecule has 0 aliphatic carbocycles. The van der Waals surface area contributed by atoms with Gasteiger partial charge >= 0.3 is 0 Å². The first-order valence-corrected chi connectivity index (χ1v) is 11.0. The molecule has 4 aromatic rings. The van der Waals surface area contributed by atoms with E-state index < -0.39 is 0 Å². The number of pyridine rings is 1. The fourth-order valence-electron chi connectivity index (χ4n) is 4.15. The Morgan fingerprint density at radius 2 is 1.58 bits per heavy atom. The summed E-state index contributed by atoms with van der Waals surface area (Å²) in [4.78, 5) is 31.3. The third-order valence-electron chi connectivity index (χ3n) is 5.86. The van der Waals surface area contributed by atoms with E-state index in [2.05, 4.69) is 22.4 Å². The lowest BCUT2D eigenvalue weighted by Gasteiger charge is -2.18. The van der Waals surface area contributed by atoms with Crippen LogP contribution in [-0.2, 0) is 17.6 Å². The molecular formula is C28H23N3O2. The van der Waals surface area contributed by atoms with Gasteiger partial charge in [0.1, 0.15) is 0 Å². The first-order chi connectivity index (χ1) is 16.2. The van der Waals surface area contributed by atoms with E-state index in [1.807, 2.05) is 60.7 Å². The van der Waals surface area contributed by atoms with Gasteiger partial charge in [-0.15, -0.1) is 0 Å². The maximum absolute atomic E-state index is 12.9. The van der Waals surface area contributed by atoms with E-state index >= 15 is 0 Å². The van der Waals surface area contributed by atoms with Gasteiger partial charge in [-0.25, -0.2) is 0 Å². The molecule has 33 heavy (non-hydrogen) atoms. The summed E-state index contributed by atoms with van der Waals surface area (Å²) < 4.78 is 0.